The van der Waals surface area contributed by atoms with Crippen molar-refractivity contribution in [1.82, 2.24) is 24.8 Å². The Hall–Kier alpha value is -2.22. The van der Waals surface area contributed by atoms with Gasteiger partial charge in [0.05, 0.1) is 19.9 Å². The van der Waals surface area contributed by atoms with Gasteiger partial charge >= 0.3 is 5.97 Å². The Morgan fingerprint density at radius 2 is 2.24 bits per heavy atom. The summed E-state index contributed by atoms with van der Waals surface area (Å²) in [6, 6.07) is 0.458. The van der Waals surface area contributed by atoms with E-state index in [4.69, 9.17) is 4.74 Å². The van der Waals surface area contributed by atoms with Crippen molar-refractivity contribution in [3.63, 3.8) is 0 Å². The first-order valence-electron chi connectivity index (χ1n) is 8.96. The SMILES string of the molecule is COC(=O)CCN1CCCC[C@H]2CN(c3ncnc4nc[nH]c34)C[C@H]21. The van der Waals surface area contributed by atoms with Crippen LogP contribution in [-0.4, -0.2) is 70.1 Å². The first kappa shape index (κ1) is 16.3. The fourth-order valence-corrected chi connectivity index (χ4v) is 4.22. The molecule has 0 aliphatic carbocycles. The minimum Gasteiger partial charge on any atom is -0.469 e. The van der Waals surface area contributed by atoms with E-state index in [9.17, 15) is 4.79 Å². The summed E-state index contributed by atoms with van der Waals surface area (Å²) in [4.78, 5) is 32.5. The van der Waals surface area contributed by atoms with E-state index in [2.05, 4.69) is 29.7 Å². The van der Waals surface area contributed by atoms with Gasteiger partial charge in [0, 0.05) is 25.7 Å². The minimum absolute atomic E-state index is 0.134. The standard InChI is InChI=1S/C17H24N6O2/c1-25-14(24)5-7-22-6-3-2-4-12-8-23(9-13(12)22)17-15-16(19-10-18-15)20-11-21-17/h10-13H,2-9H2,1H3,(H,18,19,20,21)/t12-,13+/m0/s1. The van der Waals surface area contributed by atoms with Crippen LogP contribution < -0.4 is 4.90 Å². The predicted molar refractivity (Wildman–Crippen MR) is 93.2 cm³/mol. The van der Waals surface area contributed by atoms with E-state index in [1.807, 2.05) is 0 Å². The third-order valence-electron chi connectivity index (χ3n) is 5.48. The van der Waals surface area contributed by atoms with Gasteiger partial charge in [-0.15, -0.1) is 0 Å². The zero-order valence-corrected chi connectivity index (χ0v) is 14.5. The van der Waals surface area contributed by atoms with Crippen molar-refractivity contribution in [1.29, 1.82) is 0 Å². The molecule has 0 saturated carbocycles. The van der Waals surface area contributed by atoms with E-state index in [1.54, 1.807) is 12.7 Å². The van der Waals surface area contributed by atoms with Crippen LogP contribution in [-0.2, 0) is 9.53 Å². The molecule has 0 aromatic carbocycles. The van der Waals surface area contributed by atoms with Crippen molar-refractivity contribution in [3.05, 3.63) is 12.7 Å². The van der Waals surface area contributed by atoms with Crippen molar-refractivity contribution in [3.8, 4) is 0 Å². The summed E-state index contributed by atoms with van der Waals surface area (Å²) >= 11 is 0. The van der Waals surface area contributed by atoms with Crippen molar-refractivity contribution in [2.24, 2.45) is 5.92 Å². The van der Waals surface area contributed by atoms with E-state index in [-0.39, 0.29) is 5.97 Å². The second-order valence-electron chi connectivity index (χ2n) is 6.89. The second kappa shape index (κ2) is 6.95. The number of H-pyrrole nitrogens is 1. The number of likely N-dealkylation sites (tertiary alicyclic amines) is 1. The van der Waals surface area contributed by atoms with Gasteiger partial charge in [-0.1, -0.05) is 6.42 Å². The molecule has 1 N–H and O–H groups in total. The largest absolute Gasteiger partial charge is 0.469 e. The lowest BCUT2D eigenvalue weighted by molar-refractivity contribution is -0.141. The average molecular weight is 344 g/mol. The number of hydrogen-bond acceptors (Lipinski definition) is 7. The third-order valence-corrected chi connectivity index (χ3v) is 5.48. The molecule has 4 heterocycles. The zero-order chi connectivity index (χ0) is 17.2. The number of esters is 1. The molecule has 8 heteroatoms. The van der Waals surface area contributed by atoms with Crippen LogP contribution in [0.2, 0.25) is 0 Å². The van der Waals surface area contributed by atoms with Gasteiger partial charge in [-0.25, -0.2) is 15.0 Å². The molecule has 2 aliphatic rings. The van der Waals surface area contributed by atoms with E-state index >= 15 is 0 Å². The number of hydrogen-bond donors (Lipinski definition) is 1. The molecule has 25 heavy (non-hydrogen) atoms. The zero-order valence-electron chi connectivity index (χ0n) is 14.5. The second-order valence-corrected chi connectivity index (χ2v) is 6.89. The van der Waals surface area contributed by atoms with Gasteiger partial charge in [-0.3, -0.25) is 9.69 Å². The monoisotopic (exact) mass is 344 g/mol. The molecule has 0 amide bonds. The molecule has 0 unspecified atom stereocenters. The fourth-order valence-electron chi connectivity index (χ4n) is 4.22. The molecule has 0 spiro atoms. The first-order chi connectivity index (χ1) is 12.3. The molecule has 2 fully saturated rings. The topological polar surface area (TPSA) is 87.2 Å². The molecule has 2 aromatic heterocycles. The Balaban J connectivity index is 1.53. The highest BCUT2D eigenvalue weighted by atomic mass is 16.5. The normalized spacial score (nSPS) is 24.3. The van der Waals surface area contributed by atoms with E-state index in [0.29, 0.717) is 24.0 Å². The van der Waals surface area contributed by atoms with Gasteiger partial charge in [-0.2, -0.15) is 0 Å². The van der Waals surface area contributed by atoms with Crippen LogP contribution in [0, 0.1) is 5.92 Å². The van der Waals surface area contributed by atoms with Crippen molar-refractivity contribution < 1.29 is 9.53 Å². The van der Waals surface area contributed by atoms with Gasteiger partial charge in [0.2, 0.25) is 0 Å². The molecular weight excluding hydrogens is 320 g/mol. The number of carbonyl (C=O) groups excluding carboxylic acids is 1. The smallest absolute Gasteiger partial charge is 0.306 e. The summed E-state index contributed by atoms with van der Waals surface area (Å²) < 4.78 is 4.81. The number of nitrogens with one attached hydrogen (secondary N) is 1. The number of fused-ring (bicyclic) bond motifs is 2. The van der Waals surface area contributed by atoms with Crippen molar-refractivity contribution in [2.45, 2.75) is 31.7 Å². The number of nitrogens with zero attached hydrogens (tertiary/aromatic N) is 5. The number of aromatic amines is 1. The summed E-state index contributed by atoms with van der Waals surface area (Å²) in [6.07, 6.45) is 7.38. The molecule has 4 rings (SSSR count). The van der Waals surface area contributed by atoms with Crippen LogP contribution in [0.25, 0.3) is 11.2 Å². The molecule has 2 atom stereocenters. The highest BCUT2D eigenvalue weighted by Crippen LogP contribution is 2.33. The Labute approximate surface area is 146 Å². The van der Waals surface area contributed by atoms with Gasteiger partial charge in [0.25, 0.3) is 0 Å². The Kier molecular flexibility index (Phi) is 4.52. The summed E-state index contributed by atoms with van der Waals surface area (Å²) in [5, 5.41) is 0. The average Bonchev–Trinajstić information content (AvgIpc) is 3.23. The quantitative estimate of drug-likeness (QED) is 0.834. The van der Waals surface area contributed by atoms with E-state index < -0.39 is 0 Å². The Bertz CT molecular complexity index is 748. The molecule has 0 bridgehead atoms. The minimum atomic E-state index is -0.134. The summed E-state index contributed by atoms with van der Waals surface area (Å²) in [6.45, 7) is 3.74. The molecule has 134 valence electrons. The van der Waals surface area contributed by atoms with Crippen LogP contribution in [0.5, 0.6) is 0 Å². The number of carbonyl (C=O) groups is 1. The van der Waals surface area contributed by atoms with Gasteiger partial charge < -0.3 is 14.6 Å². The molecule has 2 aliphatic heterocycles. The molecular formula is C17H24N6O2. The number of methoxy groups -OCH3 is 1. The fraction of sp³-hybridized carbons (Fsp3) is 0.647. The summed E-state index contributed by atoms with van der Waals surface area (Å²) in [5.74, 6) is 1.40. The van der Waals surface area contributed by atoms with Crippen LogP contribution >= 0.6 is 0 Å². The van der Waals surface area contributed by atoms with Gasteiger partial charge in [0.1, 0.15) is 11.8 Å². The van der Waals surface area contributed by atoms with E-state index in [0.717, 1.165) is 37.5 Å². The molecule has 8 nitrogen and oxygen atoms in total. The van der Waals surface area contributed by atoms with Gasteiger partial charge in [0.15, 0.2) is 11.5 Å². The van der Waals surface area contributed by atoms with Crippen LogP contribution in [0.4, 0.5) is 5.82 Å². The summed E-state index contributed by atoms with van der Waals surface area (Å²) in [5.41, 5.74) is 1.61. The molecule has 2 saturated heterocycles. The number of ether oxygens (including phenoxy) is 1. The first-order valence-corrected chi connectivity index (χ1v) is 8.96. The van der Waals surface area contributed by atoms with E-state index in [1.165, 1.54) is 26.4 Å². The highest BCUT2D eigenvalue weighted by molar-refractivity contribution is 5.82. The Morgan fingerprint density at radius 1 is 1.32 bits per heavy atom. The maximum absolute atomic E-state index is 11.5. The van der Waals surface area contributed by atoms with Crippen LogP contribution in [0.1, 0.15) is 25.7 Å². The van der Waals surface area contributed by atoms with Crippen LogP contribution in [0.15, 0.2) is 12.7 Å². The maximum atomic E-state index is 11.5. The van der Waals surface area contributed by atoms with Crippen molar-refractivity contribution in [2.75, 3.05) is 38.2 Å². The number of aromatic nitrogens is 4. The number of rotatable bonds is 4. The molecule has 0 radical (unpaired) electrons. The van der Waals surface area contributed by atoms with Gasteiger partial charge in [-0.05, 0) is 25.3 Å². The highest BCUT2D eigenvalue weighted by Gasteiger charge is 2.38. The third kappa shape index (κ3) is 3.18. The Morgan fingerprint density at radius 3 is 3.12 bits per heavy atom. The molecule has 2 aromatic rings. The van der Waals surface area contributed by atoms with Crippen LogP contribution in [0.3, 0.4) is 0 Å². The van der Waals surface area contributed by atoms with Crippen molar-refractivity contribution >= 4 is 23.0 Å². The predicted octanol–water partition coefficient (Wildman–Crippen LogP) is 1.21. The number of anilines is 1. The number of imidazole rings is 1. The maximum Gasteiger partial charge on any atom is 0.306 e. The lowest BCUT2D eigenvalue weighted by Crippen LogP contribution is -2.41. The lowest BCUT2D eigenvalue weighted by atomic mass is 9.98. The lowest BCUT2D eigenvalue weighted by Gasteiger charge is -2.29. The summed E-state index contributed by atoms with van der Waals surface area (Å²) in [7, 11) is 1.45.